The van der Waals surface area contributed by atoms with Crippen molar-refractivity contribution in [3.63, 3.8) is 0 Å². The number of benzene rings is 1. The van der Waals surface area contributed by atoms with E-state index in [-0.39, 0.29) is 5.91 Å². The Morgan fingerprint density at radius 2 is 2.23 bits per heavy atom. The number of amides is 1. The van der Waals surface area contributed by atoms with Crippen molar-refractivity contribution in [3.8, 4) is 0 Å². The van der Waals surface area contributed by atoms with Gasteiger partial charge in [-0.3, -0.25) is 4.79 Å². The van der Waals surface area contributed by atoms with Crippen molar-refractivity contribution in [2.75, 3.05) is 5.33 Å². The standard InChI is InChI=1S/C10H12BrNO/c1-7-6-8(4-5-11)2-3-9(7)10(12)13/h2-3,6H,4-5H2,1H3,(H2,12,13). The zero-order chi connectivity index (χ0) is 9.84. The fraction of sp³-hybridized carbons (Fsp3) is 0.300. The average Bonchev–Trinajstić information content (AvgIpc) is 2.04. The Kier molecular flexibility index (Phi) is 3.48. The third kappa shape index (κ3) is 2.56. The number of nitrogens with two attached hydrogens (primary N) is 1. The van der Waals surface area contributed by atoms with E-state index in [4.69, 9.17) is 5.73 Å². The molecular weight excluding hydrogens is 230 g/mol. The molecule has 0 aromatic heterocycles. The van der Waals surface area contributed by atoms with Crippen LogP contribution in [0.2, 0.25) is 0 Å². The van der Waals surface area contributed by atoms with E-state index in [1.165, 1.54) is 5.56 Å². The van der Waals surface area contributed by atoms with Gasteiger partial charge in [0.15, 0.2) is 0 Å². The van der Waals surface area contributed by atoms with Crippen molar-refractivity contribution in [2.24, 2.45) is 5.73 Å². The molecule has 1 rings (SSSR count). The lowest BCUT2D eigenvalue weighted by atomic mass is 10.0. The molecule has 0 radical (unpaired) electrons. The number of hydrogen-bond acceptors (Lipinski definition) is 1. The summed E-state index contributed by atoms with van der Waals surface area (Å²) in [5.74, 6) is -0.358. The molecule has 1 aromatic carbocycles. The third-order valence-corrected chi connectivity index (χ3v) is 2.34. The van der Waals surface area contributed by atoms with Crippen LogP contribution in [0.25, 0.3) is 0 Å². The van der Waals surface area contributed by atoms with Gasteiger partial charge in [-0.05, 0) is 30.5 Å². The number of carbonyl (C=O) groups excluding carboxylic acids is 1. The van der Waals surface area contributed by atoms with E-state index in [2.05, 4.69) is 15.9 Å². The summed E-state index contributed by atoms with van der Waals surface area (Å²) in [7, 11) is 0. The third-order valence-electron chi connectivity index (χ3n) is 1.94. The maximum Gasteiger partial charge on any atom is 0.248 e. The van der Waals surface area contributed by atoms with Gasteiger partial charge < -0.3 is 5.73 Å². The molecule has 2 N–H and O–H groups in total. The van der Waals surface area contributed by atoms with Gasteiger partial charge in [0.25, 0.3) is 0 Å². The number of aryl methyl sites for hydroxylation is 2. The van der Waals surface area contributed by atoms with E-state index >= 15 is 0 Å². The summed E-state index contributed by atoms with van der Waals surface area (Å²) in [6, 6.07) is 5.73. The van der Waals surface area contributed by atoms with Gasteiger partial charge in [0.1, 0.15) is 0 Å². The maximum absolute atomic E-state index is 10.9. The summed E-state index contributed by atoms with van der Waals surface area (Å²) >= 11 is 3.37. The van der Waals surface area contributed by atoms with Gasteiger partial charge in [0.2, 0.25) is 5.91 Å². The molecule has 0 fully saturated rings. The van der Waals surface area contributed by atoms with E-state index in [9.17, 15) is 4.79 Å². The fourth-order valence-electron chi connectivity index (χ4n) is 1.27. The van der Waals surface area contributed by atoms with Crippen LogP contribution in [0.15, 0.2) is 18.2 Å². The van der Waals surface area contributed by atoms with Crippen LogP contribution in [-0.4, -0.2) is 11.2 Å². The Bertz CT molecular complexity index is 323. The normalized spacial score (nSPS) is 10.0. The average molecular weight is 242 g/mol. The van der Waals surface area contributed by atoms with Crippen LogP contribution in [-0.2, 0) is 6.42 Å². The predicted molar refractivity (Wildman–Crippen MR) is 57.2 cm³/mol. The van der Waals surface area contributed by atoms with E-state index in [0.717, 1.165) is 17.3 Å². The lowest BCUT2D eigenvalue weighted by molar-refractivity contribution is 0.0999. The predicted octanol–water partition coefficient (Wildman–Crippen LogP) is 2.03. The van der Waals surface area contributed by atoms with Crippen molar-refractivity contribution >= 4 is 21.8 Å². The van der Waals surface area contributed by atoms with Crippen LogP contribution >= 0.6 is 15.9 Å². The van der Waals surface area contributed by atoms with Crippen LogP contribution in [0.5, 0.6) is 0 Å². The molecular formula is C10H12BrNO. The second-order valence-electron chi connectivity index (χ2n) is 2.95. The van der Waals surface area contributed by atoms with Crippen molar-refractivity contribution in [3.05, 3.63) is 34.9 Å². The Hall–Kier alpha value is -0.830. The number of primary amides is 1. The first kappa shape index (κ1) is 10.3. The number of halogens is 1. The van der Waals surface area contributed by atoms with Crippen molar-refractivity contribution < 1.29 is 4.79 Å². The van der Waals surface area contributed by atoms with E-state index in [1.54, 1.807) is 6.07 Å². The smallest absolute Gasteiger partial charge is 0.248 e. The number of hydrogen-bond donors (Lipinski definition) is 1. The highest BCUT2D eigenvalue weighted by Crippen LogP contribution is 2.11. The molecule has 0 aliphatic rings. The number of carbonyl (C=O) groups is 1. The van der Waals surface area contributed by atoms with Crippen molar-refractivity contribution in [1.29, 1.82) is 0 Å². The van der Waals surface area contributed by atoms with Crippen LogP contribution in [0.1, 0.15) is 21.5 Å². The SMILES string of the molecule is Cc1cc(CCBr)ccc1C(N)=O. The molecule has 0 bridgehead atoms. The Morgan fingerprint density at radius 3 is 2.69 bits per heavy atom. The summed E-state index contributed by atoms with van der Waals surface area (Å²) in [6.07, 6.45) is 0.972. The monoisotopic (exact) mass is 241 g/mol. The zero-order valence-corrected chi connectivity index (χ0v) is 9.10. The number of rotatable bonds is 3. The molecule has 1 aromatic rings. The second kappa shape index (κ2) is 4.42. The molecule has 1 amide bonds. The highest BCUT2D eigenvalue weighted by molar-refractivity contribution is 9.09. The Labute approximate surface area is 86.3 Å². The summed E-state index contributed by atoms with van der Waals surface area (Å²) in [5.41, 5.74) is 7.97. The summed E-state index contributed by atoms with van der Waals surface area (Å²) in [4.78, 5) is 10.9. The fourth-order valence-corrected chi connectivity index (χ4v) is 1.72. The molecule has 0 aliphatic carbocycles. The summed E-state index contributed by atoms with van der Waals surface area (Å²) in [5, 5.41) is 0.933. The quantitative estimate of drug-likeness (QED) is 0.809. The van der Waals surface area contributed by atoms with Gasteiger partial charge in [0.05, 0.1) is 0 Å². The van der Waals surface area contributed by atoms with E-state index < -0.39 is 0 Å². The molecule has 0 unspecified atom stereocenters. The van der Waals surface area contributed by atoms with Crippen LogP contribution in [0, 0.1) is 6.92 Å². The Balaban J connectivity index is 2.98. The highest BCUT2D eigenvalue weighted by atomic mass is 79.9. The molecule has 3 heteroatoms. The van der Waals surface area contributed by atoms with Gasteiger partial charge in [-0.2, -0.15) is 0 Å². The van der Waals surface area contributed by atoms with E-state index in [1.807, 2.05) is 19.1 Å². The largest absolute Gasteiger partial charge is 0.366 e. The van der Waals surface area contributed by atoms with Crippen LogP contribution in [0.3, 0.4) is 0 Å². The molecule has 13 heavy (non-hydrogen) atoms. The maximum atomic E-state index is 10.9. The first-order chi connectivity index (χ1) is 6.15. The van der Waals surface area contributed by atoms with Gasteiger partial charge in [-0.1, -0.05) is 28.1 Å². The second-order valence-corrected chi connectivity index (χ2v) is 3.75. The lowest BCUT2D eigenvalue weighted by Gasteiger charge is -2.04. The van der Waals surface area contributed by atoms with E-state index in [0.29, 0.717) is 5.56 Å². The van der Waals surface area contributed by atoms with Crippen LogP contribution < -0.4 is 5.73 Å². The van der Waals surface area contributed by atoms with Crippen molar-refractivity contribution in [1.82, 2.24) is 0 Å². The van der Waals surface area contributed by atoms with Gasteiger partial charge >= 0.3 is 0 Å². The van der Waals surface area contributed by atoms with Crippen LogP contribution in [0.4, 0.5) is 0 Å². The minimum absolute atomic E-state index is 0.358. The number of alkyl halides is 1. The summed E-state index contributed by atoms with van der Waals surface area (Å²) < 4.78 is 0. The zero-order valence-electron chi connectivity index (χ0n) is 7.51. The van der Waals surface area contributed by atoms with Gasteiger partial charge in [0, 0.05) is 10.9 Å². The molecule has 0 atom stereocenters. The summed E-state index contributed by atoms with van der Waals surface area (Å²) in [6.45, 7) is 1.90. The molecule has 0 saturated carbocycles. The molecule has 70 valence electrons. The first-order valence-electron chi connectivity index (χ1n) is 4.10. The lowest BCUT2D eigenvalue weighted by Crippen LogP contribution is -2.12. The highest BCUT2D eigenvalue weighted by Gasteiger charge is 2.04. The molecule has 2 nitrogen and oxygen atoms in total. The minimum atomic E-state index is -0.358. The molecule has 0 saturated heterocycles. The molecule has 0 aliphatic heterocycles. The Morgan fingerprint density at radius 1 is 1.54 bits per heavy atom. The first-order valence-corrected chi connectivity index (χ1v) is 5.22. The van der Waals surface area contributed by atoms with Gasteiger partial charge in [-0.15, -0.1) is 0 Å². The van der Waals surface area contributed by atoms with Crippen molar-refractivity contribution in [2.45, 2.75) is 13.3 Å². The topological polar surface area (TPSA) is 43.1 Å². The molecule has 0 heterocycles. The molecule has 0 spiro atoms. The van der Waals surface area contributed by atoms with Gasteiger partial charge in [-0.25, -0.2) is 0 Å². The minimum Gasteiger partial charge on any atom is -0.366 e.